The molecule has 0 aliphatic rings. The van der Waals surface area contributed by atoms with Crippen molar-refractivity contribution in [3.63, 3.8) is 0 Å². The first-order valence-corrected chi connectivity index (χ1v) is 6.40. The summed E-state index contributed by atoms with van der Waals surface area (Å²) < 4.78 is 25.5. The van der Waals surface area contributed by atoms with Gasteiger partial charge in [-0.2, -0.15) is 9.98 Å². The van der Waals surface area contributed by atoms with Gasteiger partial charge < -0.3 is 0 Å². The van der Waals surface area contributed by atoms with E-state index in [9.17, 15) is 18.5 Å². The molecule has 1 aromatic rings. The minimum atomic E-state index is -3.89. The molecule has 1 aromatic carbocycles. The fourth-order valence-electron chi connectivity index (χ4n) is 1.36. The highest BCUT2D eigenvalue weighted by Crippen LogP contribution is 2.25. The number of nitrogens with zero attached hydrogens (tertiary/aromatic N) is 2. The van der Waals surface area contributed by atoms with E-state index in [4.69, 9.17) is 5.26 Å². The monoisotopic (exact) mass is 269 g/mol. The third-order valence-corrected chi connectivity index (χ3v) is 3.84. The van der Waals surface area contributed by atoms with E-state index in [-0.39, 0.29) is 17.1 Å². The van der Waals surface area contributed by atoms with Crippen molar-refractivity contribution in [1.82, 2.24) is 4.72 Å². The molecule has 8 heteroatoms. The number of rotatable bonds is 4. The van der Waals surface area contributed by atoms with Crippen molar-refractivity contribution in [3.8, 4) is 6.07 Å². The van der Waals surface area contributed by atoms with Crippen molar-refractivity contribution >= 4 is 15.7 Å². The van der Waals surface area contributed by atoms with Crippen LogP contribution in [0.3, 0.4) is 0 Å². The van der Waals surface area contributed by atoms with Crippen molar-refractivity contribution in [1.29, 1.82) is 5.26 Å². The third kappa shape index (κ3) is 2.82. The van der Waals surface area contributed by atoms with Crippen LogP contribution in [0.4, 0.5) is 5.69 Å². The maximum atomic E-state index is 11.7. The highest BCUT2D eigenvalue weighted by atomic mass is 32.2. The summed E-state index contributed by atoms with van der Waals surface area (Å²) in [6.07, 6.45) is 0. The number of nitriles is 1. The quantitative estimate of drug-likeness (QED) is 0.498. The minimum Gasteiger partial charge on any atom is -0.258 e. The van der Waals surface area contributed by atoms with Crippen LogP contribution < -0.4 is 4.72 Å². The molecule has 0 fully saturated rings. The average molecular weight is 269 g/mol. The van der Waals surface area contributed by atoms with Gasteiger partial charge in [-0.1, -0.05) is 0 Å². The lowest BCUT2D eigenvalue weighted by atomic mass is 10.1. The summed E-state index contributed by atoms with van der Waals surface area (Å²) in [5, 5.41) is 19.1. The van der Waals surface area contributed by atoms with Crippen molar-refractivity contribution in [2.24, 2.45) is 0 Å². The van der Waals surface area contributed by atoms with Gasteiger partial charge in [0.1, 0.15) is 0 Å². The van der Waals surface area contributed by atoms with Gasteiger partial charge in [-0.15, -0.1) is 0 Å². The lowest BCUT2D eigenvalue weighted by molar-refractivity contribution is -0.385. The molecule has 0 spiro atoms. The van der Waals surface area contributed by atoms with Gasteiger partial charge in [-0.05, 0) is 25.5 Å². The normalized spacial score (nSPS) is 10.9. The Kier molecular flexibility index (Phi) is 4.00. The molecule has 1 rings (SSSR count). The standard InChI is InChI=1S/C10H11N3O4S/c1-7-5-9(18(16,17)12-4-3-11)6-10(8(7)2)13(14)15/h5-6,12H,4H2,1-2H3. The zero-order chi connectivity index (χ0) is 13.9. The second-order valence-electron chi connectivity index (χ2n) is 3.62. The van der Waals surface area contributed by atoms with Crippen LogP contribution >= 0.6 is 0 Å². The third-order valence-electron chi connectivity index (χ3n) is 2.46. The van der Waals surface area contributed by atoms with Crippen LogP contribution in [-0.2, 0) is 10.0 Å². The summed E-state index contributed by atoms with van der Waals surface area (Å²) in [4.78, 5) is 9.96. The Labute approximate surface area is 104 Å². The van der Waals surface area contributed by atoms with Crippen LogP contribution in [-0.4, -0.2) is 19.9 Å². The number of benzene rings is 1. The first kappa shape index (κ1) is 14.1. The summed E-state index contributed by atoms with van der Waals surface area (Å²) in [5.74, 6) is 0. The molecule has 0 bridgehead atoms. The minimum absolute atomic E-state index is 0.215. The van der Waals surface area contributed by atoms with Gasteiger partial charge >= 0.3 is 0 Å². The van der Waals surface area contributed by atoms with Crippen molar-refractivity contribution < 1.29 is 13.3 Å². The van der Waals surface area contributed by atoms with Crippen LogP contribution in [0, 0.1) is 35.3 Å². The Morgan fingerprint density at radius 1 is 1.44 bits per heavy atom. The van der Waals surface area contributed by atoms with E-state index in [0.717, 1.165) is 6.07 Å². The number of sulfonamides is 1. The summed E-state index contributed by atoms with van der Waals surface area (Å²) in [5.41, 5.74) is 0.660. The predicted octanol–water partition coefficient (Wildman–Crippen LogP) is 1.01. The molecule has 0 heterocycles. The summed E-state index contributed by atoms with van der Waals surface area (Å²) >= 11 is 0. The van der Waals surface area contributed by atoms with Gasteiger partial charge in [-0.25, -0.2) is 8.42 Å². The van der Waals surface area contributed by atoms with Crippen LogP contribution in [0.1, 0.15) is 11.1 Å². The second kappa shape index (κ2) is 5.12. The van der Waals surface area contributed by atoms with E-state index >= 15 is 0 Å². The Hall–Kier alpha value is -1.98. The van der Waals surface area contributed by atoms with Crippen LogP contribution in [0.5, 0.6) is 0 Å². The Morgan fingerprint density at radius 2 is 2.06 bits per heavy atom. The molecule has 0 aromatic heterocycles. The molecule has 0 saturated heterocycles. The molecular weight excluding hydrogens is 258 g/mol. The molecule has 0 aliphatic heterocycles. The van der Waals surface area contributed by atoms with E-state index < -0.39 is 14.9 Å². The first-order chi connectivity index (χ1) is 8.29. The lowest BCUT2D eigenvalue weighted by Gasteiger charge is -2.07. The number of hydrogen-bond donors (Lipinski definition) is 1. The summed E-state index contributed by atoms with van der Waals surface area (Å²) in [6, 6.07) is 3.96. The SMILES string of the molecule is Cc1cc(S(=O)(=O)NCC#N)cc([N+](=O)[O-])c1C. The zero-order valence-corrected chi connectivity index (χ0v) is 10.6. The fraction of sp³-hybridized carbons (Fsp3) is 0.300. The summed E-state index contributed by atoms with van der Waals surface area (Å²) in [6.45, 7) is 2.75. The van der Waals surface area contributed by atoms with E-state index in [0.29, 0.717) is 11.1 Å². The number of hydrogen-bond acceptors (Lipinski definition) is 5. The van der Waals surface area contributed by atoms with Gasteiger partial charge in [0.2, 0.25) is 10.0 Å². The van der Waals surface area contributed by atoms with E-state index in [1.54, 1.807) is 19.9 Å². The van der Waals surface area contributed by atoms with Crippen molar-refractivity contribution in [2.75, 3.05) is 6.54 Å². The number of aryl methyl sites for hydroxylation is 1. The van der Waals surface area contributed by atoms with E-state index in [1.807, 2.05) is 4.72 Å². The zero-order valence-electron chi connectivity index (χ0n) is 9.80. The maximum absolute atomic E-state index is 11.7. The molecule has 18 heavy (non-hydrogen) atoms. The molecule has 0 aliphatic carbocycles. The molecule has 0 atom stereocenters. The molecular formula is C10H11N3O4S. The molecule has 0 radical (unpaired) electrons. The van der Waals surface area contributed by atoms with Gasteiger partial charge in [0.25, 0.3) is 5.69 Å². The van der Waals surface area contributed by atoms with Crippen molar-refractivity contribution in [2.45, 2.75) is 18.7 Å². The Morgan fingerprint density at radius 3 is 2.56 bits per heavy atom. The molecule has 0 amide bonds. The van der Waals surface area contributed by atoms with Gasteiger partial charge in [0.05, 0.1) is 22.4 Å². The smallest absolute Gasteiger partial charge is 0.258 e. The molecule has 1 N–H and O–H groups in total. The molecule has 0 saturated carbocycles. The van der Waals surface area contributed by atoms with Crippen LogP contribution in [0.2, 0.25) is 0 Å². The number of nitro groups is 1. The van der Waals surface area contributed by atoms with Gasteiger partial charge in [0, 0.05) is 11.6 Å². The largest absolute Gasteiger partial charge is 0.273 e. The summed E-state index contributed by atoms with van der Waals surface area (Å²) in [7, 11) is -3.89. The van der Waals surface area contributed by atoms with Gasteiger partial charge in [0.15, 0.2) is 0 Å². The van der Waals surface area contributed by atoms with Crippen LogP contribution in [0.15, 0.2) is 17.0 Å². The number of nitro benzene ring substituents is 1. The van der Waals surface area contributed by atoms with E-state index in [1.165, 1.54) is 6.07 Å². The first-order valence-electron chi connectivity index (χ1n) is 4.92. The molecule has 0 unspecified atom stereocenters. The second-order valence-corrected chi connectivity index (χ2v) is 5.39. The molecule has 96 valence electrons. The topological polar surface area (TPSA) is 113 Å². The van der Waals surface area contributed by atoms with Gasteiger partial charge in [-0.3, -0.25) is 10.1 Å². The average Bonchev–Trinajstić information content (AvgIpc) is 2.29. The van der Waals surface area contributed by atoms with Crippen LogP contribution in [0.25, 0.3) is 0 Å². The van der Waals surface area contributed by atoms with E-state index in [2.05, 4.69) is 0 Å². The molecule has 7 nitrogen and oxygen atoms in total. The Bertz CT molecular complexity index is 631. The highest BCUT2D eigenvalue weighted by molar-refractivity contribution is 7.89. The maximum Gasteiger partial charge on any atom is 0.273 e. The fourth-order valence-corrected chi connectivity index (χ4v) is 2.38. The Balaban J connectivity index is 3.36. The highest BCUT2D eigenvalue weighted by Gasteiger charge is 2.21. The lowest BCUT2D eigenvalue weighted by Crippen LogP contribution is -2.24. The van der Waals surface area contributed by atoms with Crippen molar-refractivity contribution in [3.05, 3.63) is 33.4 Å². The predicted molar refractivity (Wildman–Crippen MR) is 63.4 cm³/mol. The number of nitrogens with one attached hydrogen (secondary N) is 1.